The molecule has 0 aliphatic carbocycles. The Morgan fingerprint density at radius 1 is 1.00 bits per heavy atom. The van der Waals surface area contributed by atoms with E-state index in [0.29, 0.717) is 10.7 Å². The minimum Gasteiger partial charge on any atom is -0.478 e. The Morgan fingerprint density at radius 2 is 1.81 bits per heavy atom. The summed E-state index contributed by atoms with van der Waals surface area (Å²) in [6.07, 6.45) is 1.47. The van der Waals surface area contributed by atoms with Gasteiger partial charge in [0.25, 0.3) is 0 Å². The van der Waals surface area contributed by atoms with E-state index < -0.39 is 5.97 Å². The molecule has 0 unspecified atom stereocenters. The average molecular weight is 365 g/mol. The number of aromatic carboxylic acids is 1. The van der Waals surface area contributed by atoms with Crippen LogP contribution in [0.15, 0.2) is 72.0 Å². The normalized spacial score (nSPS) is 10.3. The van der Waals surface area contributed by atoms with E-state index in [1.54, 1.807) is 12.1 Å². The summed E-state index contributed by atoms with van der Waals surface area (Å²) in [7, 11) is 0. The molecule has 7 heteroatoms. The van der Waals surface area contributed by atoms with Gasteiger partial charge in [0.2, 0.25) is 5.91 Å². The average Bonchev–Trinajstić information content (AvgIpc) is 2.67. The molecule has 0 atom stereocenters. The second-order valence-electron chi connectivity index (χ2n) is 5.33. The molecule has 130 valence electrons. The van der Waals surface area contributed by atoms with Crippen LogP contribution in [0.5, 0.6) is 0 Å². The van der Waals surface area contributed by atoms with Crippen molar-refractivity contribution < 1.29 is 14.7 Å². The number of aromatic nitrogens is 2. The van der Waals surface area contributed by atoms with Crippen LogP contribution in [0.1, 0.15) is 10.4 Å². The summed E-state index contributed by atoms with van der Waals surface area (Å²) in [5, 5.41) is 12.4. The predicted octanol–water partition coefficient (Wildman–Crippen LogP) is 3.57. The Labute approximate surface area is 154 Å². The van der Waals surface area contributed by atoms with E-state index >= 15 is 0 Å². The van der Waals surface area contributed by atoms with Crippen LogP contribution in [0.4, 0.5) is 5.69 Å². The van der Waals surface area contributed by atoms with Crippen LogP contribution in [0.2, 0.25) is 0 Å². The van der Waals surface area contributed by atoms with Gasteiger partial charge in [-0.25, -0.2) is 14.8 Å². The van der Waals surface area contributed by atoms with E-state index in [9.17, 15) is 9.59 Å². The fourth-order valence-corrected chi connectivity index (χ4v) is 2.92. The molecule has 0 aliphatic rings. The second kappa shape index (κ2) is 8.26. The maximum atomic E-state index is 12.1. The molecule has 0 saturated carbocycles. The highest BCUT2D eigenvalue weighted by Crippen LogP contribution is 2.22. The van der Waals surface area contributed by atoms with Crippen molar-refractivity contribution in [2.75, 3.05) is 11.1 Å². The molecule has 1 heterocycles. The number of hydrogen-bond acceptors (Lipinski definition) is 5. The largest absolute Gasteiger partial charge is 0.478 e. The molecule has 0 spiro atoms. The zero-order chi connectivity index (χ0) is 18.4. The van der Waals surface area contributed by atoms with Crippen molar-refractivity contribution in [1.82, 2.24) is 9.97 Å². The summed E-state index contributed by atoms with van der Waals surface area (Å²) in [5.41, 5.74) is 2.34. The number of nitrogens with one attached hydrogen (secondary N) is 1. The van der Waals surface area contributed by atoms with Crippen molar-refractivity contribution in [3.05, 3.63) is 72.6 Å². The van der Waals surface area contributed by atoms with Crippen LogP contribution in [-0.2, 0) is 4.79 Å². The first-order chi connectivity index (χ1) is 12.6. The quantitative estimate of drug-likeness (QED) is 0.512. The Bertz CT molecular complexity index is 932. The number of carboxylic acid groups (broad SMARTS) is 1. The minimum atomic E-state index is -1.04. The third-order valence-electron chi connectivity index (χ3n) is 3.46. The van der Waals surface area contributed by atoms with Crippen LogP contribution in [0.3, 0.4) is 0 Å². The molecule has 2 N–H and O–H groups in total. The molecule has 1 amide bonds. The molecule has 0 bridgehead atoms. The van der Waals surface area contributed by atoms with Crippen molar-refractivity contribution in [2.45, 2.75) is 5.03 Å². The van der Waals surface area contributed by atoms with Gasteiger partial charge in [-0.2, -0.15) is 0 Å². The highest BCUT2D eigenvalue weighted by atomic mass is 32.2. The van der Waals surface area contributed by atoms with E-state index in [4.69, 9.17) is 5.11 Å². The number of nitrogens with zero attached hydrogens (tertiary/aromatic N) is 2. The number of benzene rings is 2. The summed E-state index contributed by atoms with van der Waals surface area (Å²) < 4.78 is 0. The molecule has 1 aromatic heterocycles. The topological polar surface area (TPSA) is 92.2 Å². The van der Waals surface area contributed by atoms with Crippen molar-refractivity contribution in [2.24, 2.45) is 0 Å². The molecule has 6 nitrogen and oxygen atoms in total. The van der Waals surface area contributed by atoms with Crippen molar-refractivity contribution in [1.29, 1.82) is 0 Å². The lowest BCUT2D eigenvalue weighted by atomic mass is 10.1. The molecular weight excluding hydrogens is 350 g/mol. The summed E-state index contributed by atoms with van der Waals surface area (Å²) in [6.45, 7) is 0. The van der Waals surface area contributed by atoms with E-state index in [-0.39, 0.29) is 17.2 Å². The zero-order valence-electron chi connectivity index (χ0n) is 13.6. The number of carbonyl (C=O) groups is 2. The zero-order valence-corrected chi connectivity index (χ0v) is 14.4. The Morgan fingerprint density at radius 3 is 2.58 bits per heavy atom. The van der Waals surface area contributed by atoms with Gasteiger partial charge >= 0.3 is 5.97 Å². The first kappa shape index (κ1) is 17.6. The number of carboxylic acids is 1. The standard InChI is InChI=1S/C19H15N3O3S/c23-17(22-15-8-4-7-14(9-15)19(24)25)11-26-18-10-16(20-12-21-18)13-5-2-1-3-6-13/h1-10,12H,11H2,(H,22,23)(H,24,25). The maximum absolute atomic E-state index is 12.1. The number of hydrogen-bond donors (Lipinski definition) is 2. The fraction of sp³-hybridized carbons (Fsp3) is 0.0526. The molecular formula is C19H15N3O3S. The van der Waals surface area contributed by atoms with E-state index in [0.717, 1.165) is 11.3 Å². The van der Waals surface area contributed by atoms with Gasteiger partial charge in [-0.1, -0.05) is 48.2 Å². The van der Waals surface area contributed by atoms with Gasteiger partial charge in [-0.3, -0.25) is 4.79 Å². The third-order valence-corrected chi connectivity index (χ3v) is 4.38. The van der Waals surface area contributed by atoms with Gasteiger partial charge < -0.3 is 10.4 Å². The number of rotatable bonds is 6. The summed E-state index contributed by atoms with van der Waals surface area (Å²) in [4.78, 5) is 31.5. The highest BCUT2D eigenvalue weighted by molar-refractivity contribution is 7.99. The molecule has 26 heavy (non-hydrogen) atoms. The molecule has 0 aliphatic heterocycles. The predicted molar refractivity (Wildman–Crippen MR) is 100 cm³/mol. The Balaban J connectivity index is 1.61. The van der Waals surface area contributed by atoms with Gasteiger partial charge in [0.1, 0.15) is 11.4 Å². The van der Waals surface area contributed by atoms with Crippen molar-refractivity contribution in [3.8, 4) is 11.3 Å². The van der Waals surface area contributed by atoms with E-state index in [1.807, 2.05) is 36.4 Å². The first-order valence-corrected chi connectivity index (χ1v) is 8.74. The SMILES string of the molecule is O=C(CSc1cc(-c2ccccc2)ncn1)Nc1cccc(C(=O)O)c1. The summed E-state index contributed by atoms with van der Waals surface area (Å²) >= 11 is 1.29. The maximum Gasteiger partial charge on any atom is 0.335 e. The fourth-order valence-electron chi connectivity index (χ4n) is 2.25. The Hall–Kier alpha value is -3.19. The first-order valence-electron chi connectivity index (χ1n) is 7.75. The number of amides is 1. The van der Waals surface area contributed by atoms with Crippen LogP contribution in [0, 0.1) is 0 Å². The summed E-state index contributed by atoms with van der Waals surface area (Å²) in [5.74, 6) is -1.12. The van der Waals surface area contributed by atoms with E-state index in [2.05, 4.69) is 15.3 Å². The van der Waals surface area contributed by atoms with Gasteiger partial charge in [0.05, 0.1) is 17.0 Å². The van der Waals surface area contributed by atoms with Crippen LogP contribution >= 0.6 is 11.8 Å². The number of anilines is 1. The Kier molecular flexibility index (Phi) is 5.60. The lowest BCUT2D eigenvalue weighted by Gasteiger charge is -2.06. The lowest BCUT2D eigenvalue weighted by Crippen LogP contribution is -2.14. The highest BCUT2D eigenvalue weighted by Gasteiger charge is 2.08. The van der Waals surface area contributed by atoms with Gasteiger partial charge in [-0.15, -0.1) is 0 Å². The van der Waals surface area contributed by atoms with Gasteiger partial charge in [0.15, 0.2) is 0 Å². The van der Waals surface area contributed by atoms with E-state index in [1.165, 1.54) is 30.2 Å². The van der Waals surface area contributed by atoms with Gasteiger partial charge in [-0.05, 0) is 24.3 Å². The minimum absolute atomic E-state index is 0.124. The smallest absolute Gasteiger partial charge is 0.335 e. The molecule has 3 rings (SSSR count). The molecule has 3 aromatic rings. The molecule has 2 aromatic carbocycles. The van der Waals surface area contributed by atoms with Crippen molar-refractivity contribution in [3.63, 3.8) is 0 Å². The second-order valence-corrected chi connectivity index (χ2v) is 6.33. The van der Waals surface area contributed by atoms with Crippen LogP contribution in [0.25, 0.3) is 11.3 Å². The van der Waals surface area contributed by atoms with Crippen molar-refractivity contribution >= 4 is 29.3 Å². The number of carbonyl (C=O) groups excluding carboxylic acids is 1. The molecule has 0 radical (unpaired) electrons. The monoisotopic (exact) mass is 365 g/mol. The van der Waals surface area contributed by atoms with Crippen LogP contribution < -0.4 is 5.32 Å². The van der Waals surface area contributed by atoms with Gasteiger partial charge in [0, 0.05) is 11.3 Å². The third kappa shape index (κ3) is 4.67. The molecule has 0 fully saturated rings. The molecule has 0 saturated heterocycles. The summed E-state index contributed by atoms with van der Waals surface area (Å²) in [6, 6.07) is 17.7. The lowest BCUT2D eigenvalue weighted by molar-refractivity contribution is -0.113. The van der Waals surface area contributed by atoms with Crippen LogP contribution in [-0.4, -0.2) is 32.7 Å². The number of thioether (sulfide) groups is 1.